The number of piperazine rings is 1. The third-order valence-electron chi connectivity index (χ3n) is 6.08. The van der Waals surface area contributed by atoms with Crippen LogP contribution in [0.3, 0.4) is 0 Å². The molecule has 1 heterocycles. The molecular weight excluding hydrogens is 232 g/mol. The van der Waals surface area contributed by atoms with E-state index in [1.165, 1.54) is 45.2 Å². The lowest BCUT2D eigenvalue weighted by molar-refractivity contribution is -0.0108. The molecule has 0 aromatic rings. The number of nitrogens with zero attached hydrogens (tertiary/aromatic N) is 1. The van der Waals surface area contributed by atoms with Crippen LogP contribution >= 0.6 is 0 Å². The number of rotatable bonds is 5. The molecule has 0 bridgehead atoms. The van der Waals surface area contributed by atoms with E-state index < -0.39 is 0 Å². The van der Waals surface area contributed by atoms with Crippen molar-refractivity contribution in [3.8, 4) is 0 Å². The van der Waals surface area contributed by atoms with Crippen molar-refractivity contribution in [2.24, 2.45) is 11.8 Å². The second kappa shape index (κ2) is 6.13. The van der Waals surface area contributed by atoms with E-state index in [0.717, 1.165) is 23.9 Å². The Kier molecular flexibility index (Phi) is 4.94. The highest BCUT2D eigenvalue weighted by atomic mass is 15.3. The molecule has 2 rings (SSSR count). The maximum absolute atomic E-state index is 3.88. The van der Waals surface area contributed by atoms with Gasteiger partial charge in [0.25, 0.3) is 0 Å². The molecule has 1 saturated carbocycles. The SMILES string of the molecule is CCC1(CC)CN(C(C)C2CCC2)C(C(C)C)CN1. The Morgan fingerprint density at radius 1 is 1.16 bits per heavy atom. The lowest BCUT2D eigenvalue weighted by Crippen LogP contribution is -2.67. The van der Waals surface area contributed by atoms with Crippen LogP contribution in [0.1, 0.15) is 66.7 Å². The first-order valence-corrected chi connectivity index (χ1v) is 8.53. The highest BCUT2D eigenvalue weighted by molar-refractivity contribution is 5.00. The second-order valence-electron chi connectivity index (χ2n) is 7.28. The Balaban J connectivity index is 2.11. The molecule has 112 valence electrons. The summed E-state index contributed by atoms with van der Waals surface area (Å²) in [5.74, 6) is 1.72. The minimum Gasteiger partial charge on any atom is -0.308 e. The minimum absolute atomic E-state index is 0.364. The van der Waals surface area contributed by atoms with Crippen molar-refractivity contribution < 1.29 is 0 Å². The molecule has 1 saturated heterocycles. The zero-order valence-corrected chi connectivity index (χ0v) is 13.7. The second-order valence-corrected chi connectivity index (χ2v) is 7.28. The van der Waals surface area contributed by atoms with E-state index in [9.17, 15) is 0 Å². The predicted molar refractivity (Wildman–Crippen MR) is 83.5 cm³/mol. The van der Waals surface area contributed by atoms with Crippen LogP contribution in [0, 0.1) is 11.8 Å². The van der Waals surface area contributed by atoms with Crippen LogP contribution in [0.15, 0.2) is 0 Å². The van der Waals surface area contributed by atoms with E-state index in [1.807, 2.05) is 0 Å². The van der Waals surface area contributed by atoms with Crippen LogP contribution in [0.4, 0.5) is 0 Å². The third-order valence-corrected chi connectivity index (χ3v) is 6.08. The quantitative estimate of drug-likeness (QED) is 0.817. The maximum atomic E-state index is 3.88. The topological polar surface area (TPSA) is 15.3 Å². The van der Waals surface area contributed by atoms with Gasteiger partial charge < -0.3 is 5.32 Å². The lowest BCUT2D eigenvalue weighted by atomic mass is 9.77. The van der Waals surface area contributed by atoms with Crippen molar-refractivity contribution in [3.05, 3.63) is 0 Å². The molecule has 2 nitrogen and oxygen atoms in total. The van der Waals surface area contributed by atoms with Crippen molar-refractivity contribution in [1.82, 2.24) is 10.2 Å². The Morgan fingerprint density at radius 2 is 1.79 bits per heavy atom. The average molecular weight is 266 g/mol. The van der Waals surface area contributed by atoms with E-state index >= 15 is 0 Å². The van der Waals surface area contributed by atoms with Crippen molar-refractivity contribution in [2.75, 3.05) is 13.1 Å². The average Bonchev–Trinajstić information content (AvgIpc) is 2.35. The highest BCUT2D eigenvalue weighted by Gasteiger charge is 2.42. The molecule has 1 aliphatic heterocycles. The third kappa shape index (κ3) is 3.00. The normalized spacial score (nSPS) is 30.3. The fourth-order valence-electron chi connectivity index (χ4n) is 3.94. The molecular formula is C17H34N2. The zero-order chi connectivity index (χ0) is 14.0. The highest BCUT2D eigenvalue weighted by Crippen LogP contribution is 2.36. The summed E-state index contributed by atoms with van der Waals surface area (Å²) in [5, 5.41) is 3.88. The molecule has 1 aliphatic carbocycles. The summed E-state index contributed by atoms with van der Waals surface area (Å²) in [5.41, 5.74) is 0.364. The summed E-state index contributed by atoms with van der Waals surface area (Å²) in [4.78, 5) is 2.86. The van der Waals surface area contributed by atoms with Gasteiger partial charge in [0.05, 0.1) is 0 Å². The van der Waals surface area contributed by atoms with Gasteiger partial charge in [0, 0.05) is 30.7 Å². The Hall–Kier alpha value is -0.0800. The zero-order valence-electron chi connectivity index (χ0n) is 13.7. The molecule has 1 N–H and O–H groups in total. The van der Waals surface area contributed by atoms with Crippen molar-refractivity contribution >= 4 is 0 Å². The Labute approximate surface area is 120 Å². The molecule has 2 heteroatoms. The fraction of sp³-hybridized carbons (Fsp3) is 1.00. The number of hydrogen-bond acceptors (Lipinski definition) is 2. The summed E-state index contributed by atoms with van der Waals surface area (Å²) < 4.78 is 0. The molecule has 2 unspecified atom stereocenters. The fourth-order valence-corrected chi connectivity index (χ4v) is 3.94. The van der Waals surface area contributed by atoms with Crippen LogP contribution in [0.5, 0.6) is 0 Å². The van der Waals surface area contributed by atoms with Crippen molar-refractivity contribution in [3.63, 3.8) is 0 Å². The lowest BCUT2D eigenvalue weighted by Gasteiger charge is -2.53. The van der Waals surface area contributed by atoms with Crippen molar-refractivity contribution in [2.45, 2.75) is 84.3 Å². The van der Waals surface area contributed by atoms with Gasteiger partial charge in [-0.25, -0.2) is 0 Å². The van der Waals surface area contributed by atoms with Gasteiger partial charge in [0.15, 0.2) is 0 Å². The molecule has 19 heavy (non-hydrogen) atoms. The first kappa shape index (κ1) is 15.3. The summed E-state index contributed by atoms with van der Waals surface area (Å²) in [6.45, 7) is 14.4. The van der Waals surface area contributed by atoms with Crippen LogP contribution in [-0.2, 0) is 0 Å². The standard InChI is InChI=1S/C17H34N2/c1-6-17(7-2)12-19(14(5)15-9-8-10-15)16(11-18-17)13(3)4/h13-16,18H,6-12H2,1-5H3. The van der Waals surface area contributed by atoms with Crippen LogP contribution in [0.25, 0.3) is 0 Å². The van der Waals surface area contributed by atoms with Crippen LogP contribution in [0.2, 0.25) is 0 Å². The monoisotopic (exact) mass is 266 g/mol. The van der Waals surface area contributed by atoms with E-state index in [0.29, 0.717) is 5.54 Å². The first-order valence-electron chi connectivity index (χ1n) is 8.53. The van der Waals surface area contributed by atoms with Crippen LogP contribution < -0.4 is 5.32 Å². The number of hydrogen-bond donors (Lipinski definition) is 1. The van der Waals surface area contributed by atoms with Gasteiger partial charge in [-0.2, -0.15) is 0 Å². The molecule has 0 aromatic heterocycles. The molecule has 0 amide bonds. The van der Waals surface area contributed by atoms with Gasteiger partial charge in [0.1, 0.15) is 0 Å². The summed E-state index contributed by atoms with van der Waals surface area (Å²) in [7, 11) is 0. The van der Waals surface area contributed by atoms with Gasteiger partial charge in [-0.1, -0.05) is 34.1 Å². The van der Waals surface area contributed by atoms with Gasteiger partial charge in [-0.3, -0.25) is 4.90 Å². The predicted octanol–water partition coefficient (Wildman–Crippen LogP) is 3.66. The Morgan fingerprint density at radius 3 is 2.21 bits per heavy atom. The molecule has 2 atom stereocenters. The molecule has 0 spiro atoms. The molecule has 0 aromatic carbocycles. The summed E-state index contributed by atoms with van der Waals surface area (Å²) in [6.07, 6.45) is 6.88. The van der Waals surface area contributed by atoms with E-state index in [4.69, 9.17) is 0 Å². The summed E-state index contributed by atoms with van der Waals surface area (Å²) in [6, 6.07) is 1.50. The van der Waals surface area contributed by atoms with Gasteiger partial charge in [0.2, 0.25) is 0 Å². The van der Waals surface area contributed by atoms with E-state index in [1.54, 1.807) is 0 Å². The van der Waals surface area contributed by atoms with Gasteiger partial charge in [-0.05, 0) is 44.4 Å². The first-order chi connectivity index (χ1) is 9.03. The van der Waals surface area contributed by atoms with Gasteiger partial charge >= 0.3 is 0 Å². The molecule has 2 aliphatic rings. The molecule has 0 radical (unpaired) electrons. The largest absolute Gasteiger partial charge is 0.308 e. The number of nitrogens with one attached hydrogen (secondary N) is 1. The van der Waals surface area contributed by atoms with Crippen LogP contribution in [-0.4, -0.2) is 35.6 Å². The maximum Gasteiger partial charge on any atom is 0.0304 e. The van der Waals surface area contributed by atoms with E-state index in [2.05, 4.69) is 44.8 Å². The molecule has 2 fully saturated rings. The smallest absolute Gasteiger partial charge is 0.0304 e. The van der Waals surface area contributed by atoms with Gasteiger partial charge in [-0.15, -0.1) is 0 Å². The minimum atomic E-state index is 0.364. The van der Waals surface area contributed by atoms with Crippen molar-refractivity contribution in [1.29, 1.82) is 0 Å². The van der Waals surface area contributed by atoms with E-state index in [-0.39, 0.29) is 0 Å². The Bertz CT molecular complexity index is 279. The summed E-state index contributed by atoms with van der Waals surface area (Å²) >= 11 is 0.